The molecule has 1 aliphatic rings. The second-order valence-electron chi connectivity index (χ2n) is 6.34. The van der Waals surface area contributed by atoms with Crippen molar-refractivity contribution in [2.45, 2.75) is 32.7 Å². The van der Waals surface area contributed by atoms with E-state index in [1.54, 1.807) is 0 Å². The van der Waals surface area contributed by atoms with E-state index in [9.17, 15) is 0 Å². The smallest absolute Gasteiger partial charge is 0.191 e. The average molecular weight is 307 g/mol. The Balaban J connectivity index is 1.51. The maximum atomic E-state index is 4.33. The summed E-state index contributed by atoms with van der Waals surface area (Å²) in [5.41, 5.74) is 6.90. The molecule has 0 radical (unpaired) electrons. The Labute approximate surface area is 138 Å². The summed E-state index contributed by atoms with van der Waals surface area (Å²) in [6.45, 7) is 6.02. The molecular formula is C20H25N3. The summed E-state index contributed by atoms with van der Waals surface area (Å²) in [5, 5.41) is 6.86. The van der Waals surface area contributed by atoms with E-state index in [2.05, 4.69) is 71.9 Å². The third kappa shape index (κ3) is 3.55. The molecule has 0 aromatic heterocycles. The molecule has 2 N–H and O–H groups in total. The fourth-order valence-corrected chi connectivity index (χ4v) is 3.21. The van der Waals surface area contributed by atoms with E-state index < -0.39 is 0 Å². The van der Waals surface area contributed by atoms with Gasteiger partial charge in [-0.25, -0.2) is 0 Å². The van der Waals surface area contributed by atoms with Gasteiger partial charge in [0.2, 0.25) is 0 Å². The number of fused-ring (bicyclic) bond motifs is 1. The SMILES string of the molecule is CN=C(NCc1ccc(C)cc1C)NCC1Cc2ccccc21. The Bertz CT molecular complexity index is 719. The molecule has 0 aliphatic heterocycles. The molecule has 0 bridgehead atoms. The molecule has 3 nitrogen and oxygen atoms in total. The lowest BCUT2D eigenvalue weighted by Gasteiger charge is -2.30. The van der Waals surface area contributed by atoms with Crippen molar-refractivity contribution in [1.82, 2.24) is 10.6 Å². The second kappa shape index (κ2) is 6.86. The number of rotatable bonds is 4. The van der Waals surface area contributed by atoms with Gasteiger partial charge in [-0.15, -0.1) is 0 Å². The van der Waals surface area contributed by atoms with Crippen molar-refractivity contribution < 1.29 is 0 Å². The normalized spacial score (nSPS) is 16.5. The number of nitrogens with one attached hydrogen (secondary N) is 2. The monoisotopic (exact) mass is 307 g/mol. The topological polar surface area (TPSA) is 36.4 Å². The predicted molar refractivity (Wildman–Crippen MR) is 97.0 cm³/mol. The maximum Gasteiger partial charge on any atom is 0.191 e. The highest BCUT2D eigenvalue weighted by Crippen LogP contribution is 2.33. The van der Waals surface area contributed by atoms with E-state index in [4.69, 9.17) is 0 Å². The molecule has 1 atom stereocenters. The highest BCUT2D eigenvalue weighted by atomic mass is 15.2. The Morgan fingerprint density at radius 1 is 1.13 bits per heavy atom. The first-order valence-electron chi connectivity index (χ1n) is 8.26. The quantitative estimate of drug-likeness (QED) is 0.671. The van der Waals surface area contributed by atoms with Crippen LogP contribution in [0.3, 0.4) is 0 Å². The van der Waals surface area contributed by atoms with E-state index in [0.717, 1.165) is 25.5 Å². The molecule has 2 aromatic rings. The fraction of sp³-hybridized carbons (Fsp3) is 0.350. The highest BCUT2D eigenvalue weighted by Gasteiger charge is 2.25. The number of guanidine groups is 1. The lowest BCUT2D eigenvalue weighted by Crippen LogP contribution is -2.40. The van der Waals surface area contributed by atoms with Gasteiger partial charge in [-0.3, -0.25) is 4.99 Å². The van der Waals surface area contributed by atoms with E-state index in [0.29, 0.717) is 5.92 Å². The van der Waals surface area contributed by atoms with Crippen molar-refractivity contribution in [1.29, 1.82) is 0 Å². The molecule has 2 aromatic carbocycles. The molecule has 0 amide bonds. The van der Waals surface area contributed by atoms with E-state index in [-0.39, 0.29) is 0 Å². The number of benzene rings is 2. The standard InChI is InChI=1S/C20H25N3/c1-14-8-9-17(15(2)10-14)12-22-20(21-3)23-13-18-11-16-6-4-5-7-19(16)18/h4-10,18H,11-13H2,1-3H3,(H2,21,22,23). The van der Waals surface area contributed by atoms with Crippen LogP contribution < -0.4 is 10.6 Å². The fourth-order valence-electron chi connectivity index (χ4n) is 3.21. The summed E-state index contributed by atoms with van der Waals surface area (Å²) in [5.74, 6) is 1.47. The van der Waals surface area contributed by atoms with Crippen LogP contribution in [0, 0.1) is 13.8 Å². The maximum absolute atomic E-state index is 4.33. The van der Waals surface area contributed by atoms with Crippen molar-refractivity contribution >= 4 is 5.96 Å². The zero-order valence-corrected chi connectivity index (χ0v) is 14.2. The van der Waals surface area contributed by atoms with Gasteiger partial charge in [-0.05, 0) is 42.5 Å². The van der Waals surface area contributed by atoms with Crippen molar-refractivity contribution in [2.75, 3.05) is 13.6 Å². The summed E-state index contributed by atoms with van der Waals surface area (Å²) in [7, 11) is 1.83. The summed E-state index contributed by atoms with van der Waals surface area (Å²) in [6.07, 6.45) is 1.16. The van der Waals surface area contributed by atoms with Gasteiger partial charge in [-0.2, -0.15) is 0 Å². The molecule has 3 rings (SSSR count). The molecule has 1 unspecified atom stereocenters. The van der Waals surface area contributed by atoms with Crippen molar-refractivity contribution in [2.24, 2.45) is 4.99 Å². The van der Waals surface area contributed by atoms with Gasteiger partial charge in [0.05, 0.1) is 0 Å². The number of hydrogen-bond donors (Lipinski definition) is 2. The molecule has 120 valence electrons. The van der Waals surface area contributed by atoms with Gasteiger partial charge in [0.1, 0.15) is 0 Å². The first-order valence-corrected chi connectivity index (χ1v) is 8.26. The summed E-state index contributed by atoms with van der Waals surface area (Å²) in [4.78, 5) is 4.33. The zero-order chi connectivity index (χ0) is 16.2. The van der Waals surface area contributed by atoms with Gasteiger partial charge in [-0.1, -0.05) is 48.0 Å². The van der Waals surface area contributed by atoms with Crippen LogP contribution in [0.1, 0.15) is 33.7 Å². The van der Waals surface area contributed by atoms with E-state index >= 15 is 0 Å². The van der Waals surface area contributed by atoms with Crippen LogP contribution in [0.4, 0.5) is 0 Å². The Morgan fingerprint density at radius 2 is 1.96 bits per heavy atom. The van der Waals surface area contributed by atoms with Crippen molar-refractivity contribution in [3.8, 4) is 0 Å². The minimum absolute atomic E-state index is 0.603. The summed E-state index contributed by atoms with van der Waals surface area (Å²) >= 11 is 0. The number of hydrogen-bond acceptors (Lipinski definition) is 1. The Kier molecular flexibility index (Phi) is 4.65. The number of nitrogens with zero attached hydrogens (tertiary/aromatic N) is 1. The van der Waals surface area contributed by atoms with E-state index in [1.165, 1.54) is 27.8 Å². The molecule has 0 saturated heterocycles. The minimum Gasteiger partial charge on any atom is -0.356 e. The third-order valence-corrected chi connectivity index (χ3v) is 4.65. The van der Waals surface area contributed by atoms with Gasteiger partial charge < -0.3 is 10.6 Å². The molecule has 3 heteroatoms. The van der Waals surface area contributed by atoms with Gasteiger partial charge in [0.25, 0.3) is 0 Å². The van der Waals surface area contributed by atoms with Crippen molar-refractivity contribution in [3.63, 3.8) is 0 Å². The van der Waals surface area contributed by atoms with Crippen LogP contribution in [-0.2, 0) is 13.0 Å². The molecular weight excluding hydrogens is 282 g/mol. The second-order valence-corrected chi connectivity index (χ2v) is 6.34. The van der Waals surface area contributed by atoms with Crippen LogP contribution in [-0.4, -0.2) is 19.6 Å². The molecule has 23 heavy (non-hydrogen) atoms. The first kappa shape index (κ1) is 15.6. The molecule has 0 spiro atoms. The van der Waals surface area contributed by atoms with E-state index in [1.807, 2.05) is 7.05 Å². The van der Waals surface area contributed by atoms with Gasteiger partial charge in [0.15, 0.2) is 5.96 Å². The number of aryl methyl sites for hydroxylation is 2. The zero-order valence-electron chi connectivity index (χ0n) is 14.2. The van der Waals surface area contributed by atoms with Crippen LogP contribution in [0.15, 0.2) is 47.5 Å². The molecule has 0 heterocycles. The largest absolute Gasteiger partial charge is 0.356 e. The van der Waals surface area contributed by atoms with Crippen molar-refractivity contribution in [3.05, 3.63) is 70.3 Å². The third-order valence-electron chi connectivity index (χ3n) is 4.65. The summed E-state index contributed by atoms with van der Waals surface area (Å²) in [6, 6.07) is 15.3. The highest BCUT2D eigenvalue weighted by molar-refractivity contribution is 5.79. The number of aliphatic imine (C=N–C) groups is 1. The molecule has 0 saturated carbocycles. The van der Waals surface area contributed by atoms with Crippen LogP contribution >= 0.6 is 0 Å². The lowest BCUT2D eigenvalue weighted by molar-refractivity contribution is 0.584. The first-order chi connectivity index (χ1) is 11.2. The molecule has 1 aliphatic carbocycles. The Hall–Kier alpha value is -2.29. The van der Waals surface area contributed by atoms with Gasteiger partial charge in [0, 0.05) is 26.1 Å². The average Bonchev–Trinajstić information content (AvgIpc) is 2.52. The van der Waals surface area contributed by atoms with Crippen LogP contribution in [0.2, 0.25) is 0 Å². The van der Waals surface area contributed by atoms with Gasteiger partial charge >= 0.3 is 0 Å². The molecule has 0 fully saturated rings. The Morgan fingerprint density at radius 3 is 2.70 bits per heavy atom. The van der Waals surface area contributed by atoms with Crippen LogP contribution in [0.25, 0.3) is 0 Å². The summed E-state index contributed by atoms with van der Waals surface area (Å²) < 4.78 is 0. The minimum atomic E-state index is 0.603. The van der Waals surface area contributed by atoms with Crippen LogP contribution in [0.5, 0.6) is 0 Å². The predicted octanol–water partition coefficient (Wildman–Crippen LogP) is 3.31. The lowest BCUT2D eigenvalue weighted by atomic mass is 9.78.